The summed E-state index contributed by atoms with van der Waals surface area (Å²) in [6, 6.07) is 40.5. The minimum Gasteiger partial charge on any atom is -0.374 e. The van der Waals surface area contributed by atoms with Crippen molar-refractivity contribution in [3.05, 3.63) is 144 Å². The van der Waals surface area contributed by atoms with Gasteiger partial charge in [0.1, 0.15) is 24.4 Å². The van der Waals surface area contributed by atoms with E-state index in [1.54, 1.807) is 0 Å². The molecule has 0 aromatic heterocycles. The molecule has 0 N–H and O–H groups in total. The van der Waals surface area contributed by atoms with Gasteiger partial charge in [-0.25, -0.2) is 0 Å². The second kappa shape index (κ2) is 15.9. The lowest BCUT2D eigenvalue weighted by atomic mass is 10.0. The van der Waals surface area contributed by atoms with Gasteiger partial charge in [0.25, 0.3) is 0 Å². The fourth-order valence-corrected chi connectivity index (χ4v) is 5.16. The molecule has 43 heavy (non-hydrogen) atoms. The van der Waals surface area contributed by atoms with Crippen molar-refractivity contribution in [3.63, 3.8) is 0 Å². The van der Waals surface area contributed by atoms with E-state index >= 15 is 0 Å². The van der Waals surface area contributed by atoms with Crippen molar-refractivity contribution < 1.29 is 28.4 Å². The van der Waals surface area contributed by atoms with Gasteiger partial charge in [-0.2, -0.15) is 0 Å². The van der Waals surface area contributed by atoms with Crippen LogP contribution in [-0.4, -0.2) is 43.4 Å². The van der Waals surface area contributed by atoms with Crippen LogP contribution in [0.2, 0.25) is 0 Å². The van der Waals surface area contributed by atoms with Crippen LogP contribution >= 0.6 is 0 Å². The smallest absolute Gasteiger partial charge is 0.164 e. The third-order valence-electron chi connectivity index (χ3n) is 7.30. The van der Waals surface area contributed by atoms with Crippen molar-refractivity contribution in [2.75, 3.05) is 13.2 Å². The molecule has 4 aromatic rings. The van der Waals surface area contributed by atoms with Gasteiger partial charge in [0.05, 0.1) is 39.6 Å². The monoisotopic (exact) mass is 582 g/mol. The summed E-state index contributed by atoms with van der Waals surface area (Å²) in [5.41, 5.74) is 4.35. The highest BCUT2D eigenvalue weighted by Gasteiger charge is 2.49. The molecule has 0 unspecified atom stereocenters. The molecule has 5 rings (SSSR count). The Balaban J connectivity index is 1.34. The maximum atomic E-state index is 6.55. The number of hydrogen-bond acceptors (Lipinski definition) is 6. The summed E-state index contributed by atoms with van der Waals surface area (Å²) in [6.45, 7) is 6.32. The lowest BCUT2D eigenvalue weighted by Crippen LogP contribution is -2.47. The van der Waals surface area contributed by atoms with Crippen molar-refractivity contribution in [2.24, 2.45) is 0 Å². The van der Waals surface area contributed by atoms with Crippen LogP contribution in [0.1, 0.15) is 36.1 Å². The molecule has 6 nitrogen and oxygen atoms in total. The van der Waals surface area contributed by atoms with Crippen LogP contribution in [0.25, 0.3) is 0 Å². The predicted octanol–water partition coefficient (Wildman–Crippen LogP) is 7.11. The molecule has 1 saturated heterocycles. The number of rotatable bonds is 16. The van der Waals surface area contributed by atoms with Gasteiger partial charge in [0, 0.05) is 0 Å². The second-order valence-corrected chi connectivity index (χ2v) is 11.2. The first-order valence-corrected chi connectivity index (χ1v) is 15.0. The highest BCUT2D eigenvalue weighted by Crippen LogP contribution is 2.35. The molecule has 1 heterocycles. The Bertz CT molecular complexity index is 1210. The summed E-state index contributed by atoms with van der Waals surface area (Å²) < 4.78 is 38.6. The van der Waals surface area contributed by atoms with Gasteiger partial charge < -0.3 is 28.4 Å². The quantitative estimate of drug-likeness (QED) is 0.140. The van der Waals surface area contributed by atoms with Crippen molar-refractivity contribution in [3.8, 4) is 0 Å². The van der Waals surface area contributed by atoms with Crippen molar-refractivity contribution in [1.82, 2.24) is 0 Å². The molecule has 0 amide bonds. The van der Waals surface area contributed by atoms with Crippen LogP contribution in [0.4, 0.5) is 0 Å². The van der Waals surface area contributed by atoms with Gasteiger partial charge in [0.15, 0.2) is 5.79 Å². The molecule has 0 saturated carbocycles. The van der Waals surface area contributed by atoms with Gasteiger partial charge in [-0.15, -0.1) is 0 Å². The first-order valence-electron chi connectivity index (χ1n) is 15.0. The minimum atomic E-state index is -0.836. The molecule has 0 bridgehead atoms. The van der Waals surface area contributed by atoms with E-state index in [9.17, 15) is 0 Å². The van der Waals surface area contributed by atoms with Gasteiger partial charge in [-0.05, 0) is 36.1 Å². The minimum absolute atomic E-state index is 0.332. The average molecular weight is 583 g/mol. The fourth-order valence-electron chi connectivity index (χ4n) is 5.16. The summed E-state index contributed by atoms with van der Waals surface area (Å²) in [7, 11) is 0. The van der Waals surface area contributed by atoms with Crippen LogP contribution in [0, 0.1) is 0 Å². The van der Waals surface area contributed by atoms with Gasteiger partial charge in [-0.1, -0.05) is 121 Å². The normalized spacial score (nSPS) is 19.2. The van der Waals surface area contributed by atoms with E-state index in [0.29, 0.717) is 39.6 Å². The molecule has 6 heteroatoms. The predicted molar refractivity (Wildman–Crippen MR) is 166 cm³/mol. The summed E-state index contributed by atoms with van der Waals surface area (Å²) in [4.78, 5) is 0. The number of hydrogen-bond donors (Lipinski definition) is 0. The molecule has 1 fully saturated rings. The molecular weight excluding hydrogens is 540 g/mol. The lowest BCUT2D eigenvalue weighted by Gasteiger charge is -2.31. The molecular formula is C37H42O6. The Hall–Kier alpha value is -3.36. The maximum Gasteiger partial charge on any atom is 0.164 e. The lowest BCUT2D eigenvalue weighted by molar-refractivity contribution is -0.172. The van der Waals surface area contributed by atoms with Gasteiger partial charge in [-0.3, -0.25) is 0 Å². The molecule has 1 aliphatic heterocycles. The Kier molecular flexibility index (Phi) is 11.5. The third-order valence-corrected chi connectivity index (χ3v) is 7.30. The van der Waals surface area contributed by atoms with E-state index in [1.807, 2.05) is 86.6 Å². The Morgan fingerprint density at radius 2 is 0.791 bits per heavy atom. The summed E-state index contributed by atoms with van der Waals surface area (Å²) in [5, 5.41) is 0. The zero-order chi connectivity index (χ0) is 29.7. The van der Waals surface area contributed by atoms with E-state index in [0.717, 1.165) is 22.3 Å². The van der Waals surface area contributed by atoms with E-state index in [4.69, 9.17) is 28.4 Å². The largest absolute Gasteiger partial charge is 0.374 e. The van der Waals surface area contributed by atoms with E-state index < -0.39 is 30.2 Å². The molecule has 4 aromatic carbocycles. The van der Waals surface area contributed by atoms with E-state index in [2.05, 4.69) is 48.5 Å². The Labute approximate surface area is 255 Å². The zero-order valence-corrected chi connectivity index (χ0v) is 25.0. The summed E-state index contributed by atoms with van der Waals surface area (Å²) >= 11 is 0. The third kappa shape index (κ3) is 9.83. The molecule has 0 aliphatic carbocycles. The molecule has 226 valence electrons. The zero-order valence-electron chi connectivity index (χ0n) is 25.0. The molecule has 4 atom stereocenters. The highest BCUT2D eigenvalue weighted by atomic mass is 16.8. The van der Waals surface area contributed by atoms with Crippen molar-refractivity contribution in [1.29, 1.82) is 0 Å². The van der Waals surface area contributed by atoms with Crippen LogP contribution in [0.15, 0.2) is 121 Å². The first kappa shape index (κ1) is 31.1. The van der Waals surface area contributed by atoms with Crippen LogP contribution < -0.4 is 0 Å². The summed E-state index contributed by atoms with van der Waals surface area (Å²) in [6.07, 6.45) is -1.72. The van der Waals surface area contributed by atoms with Gasteiger partial charge >= 0.3 is 0 Å². The molecule has 1 aliphatic rings. The fraction of sp³-hybridized carbons (Fsp3) is 0.351. The number of ether oxygens (including phenoxy) is 6. The maximum absolute atomic E-state index is 6.55. The van der Waals surface area contributed by atoms with E-state index in [1.165, 1.54) is 0 Å². The van der Waals surface area contributed by atoms with Crippen LogP contribution in [0.5, 0.6) is 0 Å². The topological polar surface area (TPSA) is 55.4 Å². The number of benzene rings is 4. The highest BCUT2D eigenvalue weighted by molar-refractivity contribution is 5.16. The van der Waals surface area contributed by atoms with Crippen LogP contribution in [-0.2, 0) is 54.8 Å². The first-order chi connectivity index (χ1) is 21.1. The standard InChI is InChI=1S/C37H42O6/c1-37(2)42-35(33(40-25-31-19-11-5-12-20-31)27-38-23-29-15-7-3-8-16-29)36(43-37)34(41-26-32-21-13-6-14-22-32)28-39-24-30-17-9-4-10-18-30/h3-22,33-36H,23-28H2,1-2H3/t33-,34-,35-,36-/m0/s1. The van der Waals surface area contributed by atoms with E-state index in [-0.39, 0.29) is 0 Å². The van der Waals surface area contributed by atoms with Crippen molar-refractivity contribution in [2.45, 2.75) is 70.5 Å². The van der Waals surface area contributed by atoms with Gasteiger partial charge in [0.2, 0.25) is 0 Å². The second-order valence-electron chi connectivity index (χ2n) is 11.2. The van der Waals surface area contributed by atoms with Crippen molar-refractivity contribution >= 4 is 0 Å². The average Bonchev–Trinajstić information content (AvgIpc) is 3.37. The SMILES string of the molecule is CC1(C)O[C@@H]([C@H](COCc2ccccc2)OCc2ccccc2)[C@H]([C@H](COCc2ccccc2)OCc2ccccc2)O1. The Morgan fingerprint density at radius 1 is 0.488 bits per heavy atom. The summed E-state index contributed by atoms with van der Waals surface area (Å²) in [5.74, 6) is -0.836. The Morgan fingerprint density at radius 3 is 1.12 bits per heavy atom. The molecule has 0 radical (unpaired) electrons. The van der Waals surface area contributed by atoms with Crippen LogP contribution in [0.3, 0.4) is 0 Å². The molecule has 0 spiro atoms.